The number of benzene rings is 1. The van der Waals surface area contributed by atoms with Gasteiger partial charge in [0.15, 0.2) is 0 Å². The van der Waals surface area contributed by atoms with E-state index < -0.39 is 21.1 Å². The van der Waals surface area contributed by atoms with Crippen molar-refractivity contribution in [2.45, 2.75) is 11.7 Å². The summed E-state index contributed by atoms with van der Waals surface area (Å²) in [5.41, 5.74) is 0.326. The van der Waals surface area contributed by atoms with Crippen molar-refractivity contribution in [3.8, 4) is 0 Å². The van der Waals surface area contributed by atoms with Gasteiger partial charge in [-0.1, -0.05) is 0 Å². The van der Waals surface area contributed by atoms with Gasteiger partial charge in [0.05, 0.1) is 4.47 Å². The van der Waals surface area contributed by atoms with Crippen LogP contribution in [-0.4, -0.2) is 26.1 Å². The lowest BCUT2D eigenvalue weighted by atomic mass is 10.3. The number of hydrogen-bond acceptors (Lipinski definition) is 3. The van der Waals surface area contributed by atoms with E-state index in [0.717, 1.165) is 0 Å². The van der Waals surface area contributed by atoms with Crippen LogP contribution in [0.2, 0.25) is 0 Å². The summed E-state index contributed by atoms with van der Waals surface area (Å²) in [5.74, 6) is -0.893. The zero-order chi connectivity index (χ0) is 13.5. The third-order valence-electron chi connectivity index (χ3n) is 2.77. The fraction of sp³-hybridized carbons (Fsp3) is 0.300. The molecule has 1 heterocycles. The van der Waals surface area contributed by atoms with Crippen LogP contribution in [0.15, 0.2) is 22.7 Å². The number of amides is 1. The fourth-order valence-electron chi connectivity index (χ4n) is 1.80. The van der Waals surface area contributed by atoms with E-state index in [2.05, 4.69) is 15.9 Å². The van der Waals surface area contributed by atoms with E-state index in [1.165, 1.54) is 23.1 Å². The van der Waals surface area contributed by atoms with E-state index in [-0.39, 0.29) is 23.3 Å². The number of carbonyl (C=O) groups is 1. The van der Waals surface area contributed by atoms with Crippen LogP contribution in [0.3, 0.4) is 0 Å². The Bertz CT molecular complexity index is 605. The Balaban J connectivity index is 2.30. The van der Waals surface area contributed by atoms with Gasteiger partial charge in [-0.3, -0.25) is 4.79 Å². The summed E-state index contributed by atoms with van der Waals surface area (Å²) in [4.78, 5) is 12.9. The van der Waals surface area contributed by atoms with Crippen molar-refractivity contribution < 1.29 is 17.6 Å². The Morgan fingerprint density at radius 1 is 1.44 bits per heavy atom. The minimum atomic E-state index is -3.76. The molecule has 18 heavy (non-hydrogen) atoms. The fourth-order valence-corrected chi connectivity index (χ4v) is 2.78. The second-order valence-corrected chi connectivity index (χ2v) is 6.72. The average Bonchev–Trinajstić information content (AvgIpc) is 2.64. The monoisotopic (exact) mass is 336 g/mol. The highest BCUT2D eigenvalue weighted by Gasteiger charge is 2.37. The van der Waals surface area contributed by atoms with Gasteiger partial charge in [0.2, 0.25) is 15.9 Å². The summed E-state index contributed by atoms with van der Waals surface area (Å²) >= 11 is 3.00. The Labute approximate surface area is 112 Å². The van der Waals surface area contributed by atoms with Crippen LogP contribution in [0.25, 0.3) is 0 Å². The minimum absolute atomic E-state index is 0.0429. The van der Waals surface area contributed by atoms with Gasteiger partial charge in [0.1, 0.15) is 11.1 Å². The topological polar surface area (TPSA) is 80.5 Å². The van der Waals surface area contributed by atoms with Crippen molar-refractivity contribution in [3.63, 3.8) is 0 Å². The molecule has 0 spiro atoms. The van der Waals surface area contributed by atoms with Gasteiger partial charge in [-0.2, -0.15) is 0 Å². The van der Waals surface area contributed by atoms with Crippen LogP contribution >= 0.6 is 15.9 Å². The molecule has 98 valence electrons. The predicted molar refractivity (Wildman–Crippen MR) is 68.0 cm³/mol. The molecule has 0 radical (unpaired) electrons. The molecular weight excluding hydrogens is 327 g/mol. The molecule has 0 aliphatic carbocycles. The van der Waals surface area contributed by atoms with Crippen molar-refractivity contribution in [3.05, 3.63) is 28.5 Å². The third-order valence-corrected chi connectivity index (χ3v) is 4.66. The van der Waals surface area contributed by atoms with Gasteiger partial charge in [-0.25, -0.2) is 17.9 Å². The molecular formula is C10H10BrFN2O3S. The molecule has 2 rings (SSSR count). The molecule has 0 saturated carbocycles. The summed E-state index contributed by atoms with van der Waals surface area (Å²) < 4.78 is 36.0. The van der Waals surface area contributed by atoms with Crippen molar-refractivity contribution in [2.24, 2.45) is 5.14 Å². The van der Waals surface area contributed by atoms with Crippen molar-refractivity contribution >= 4 is 37.5 Å². The first kappa shape index (κ1) is 13.4. The summed E-state index contributed by atoms with van der Waals surface area (Å²) in [6.45, 7) is -0.0429. The number of primary sulfonamides is 1. The average molecular weight is 337 g/mol. The van der Waals surface area contributed by atoms with Crippen LogP contribution in [0.5, 0.6) is 0 Å². The molecule has 1 aromatic carbocycles. The largest absolute Gasteiger partial charge is 0.311 e. The Kier molecular flexibility index (Phi) is 3.43. The molecule has 1 saturated heterocycles. The van der Waals surface area contributed by atoms with Crippen molar-refractivity contribution in [1.29, 1.82) is 0 Å². The van der Waals surface area contributed by atoms with E-state index in [9.17, 15) is 17.6 Å². The normalized spacial score (nSPS) is 20.5. The Morgan fingerprint density at radius 2 is 2.11 bits per heavy atom. The van der Waals surface area contributed by atoms with E-state index in [1.54, 1.807) is 0 Å². The first-order valence-electron chi connectivity index (χ1n) is 5.06. The maximum absolute atomic E-state index is 13.4. The number of sulfonamides is 1. The molecule has 2 N–H and O–H groups in total. The summed E-state index contributed by atoms with van der Waals surface area (Å²) in [6.07, 6.45) is -0.170. The highest BCUT2D eigenvalue weighted by molar-refractivity contribution is 9.10. The Hall–Kier alpha value is -0.990. The predicted octanol–water partition coefficient (Wildman–Crippen LogP) is 0.982. The molecule has 5 nitrogen and oxygen atoms in total. The maximum atomic E-state index is 13.4. The van der Waals surface area contributed by atoms with Gasteiger partial charge < -0.3 is 4.90 Å². The van der Waals surface area contributed by atoms with Crippen molar-refractivity contribution in [1.82, 2.24) is 0 Å². The molecule has 0 bridgehead atoms. The quantitative estimate of drug-likeness (QED) is 0.874. The van der Waals surface area contributed by atoms with Gasteiger partial charge in [-0.15, -0.1) is 0 Å². The first-order valence-corrected chi connectivity index (χ1v) is 7.46. The highest BCUT2D eigenvalue weighted by atomic mass is 79.9. The van der Waals surface area contributed by atoms with E-state index in [4.69, 9.17) is 5.14 Å². The van der Waals surface area contributed by atoms with E-state index in [1.807, 2.05) is 0 Å². The first-order chi connectivity index (χ1) is 8.29. The van der Waals surface area contributed by atoms with Crippen LogP contribution in [0, 0.1) is 5.82 Å². The number of halogens is 2. The third kappa shape index (κ3) is 2.55. The van der Waals surface area contributed by atoms with E-state index in [0.29, 0.717) is 5.69 Å². The highest BCUT2D eigenvalue weighted by Crippen LogP contribution is 2.27. The maximum Gasteiger partial charge on any atom is 0.228 e. The zero-order valence-corrected chi connectivity index (χ0v) is 11.5. The molecule has 1 aliphatic rings. The second-order valence-electron chi connectivity index (χ2n) is 4.02. The number of anilines is 1. The summed E-state index contributed by atoms with van der Waals surface area (Å²) in [6, 6.07) is 4.17. The molecule has 1 unspecified atom stereocenters. The lowest BCUT2D eigenvalue weighted by molar-refractivity contribution is -0.117. The molecule has 1 amide bonds. The van der Waals surface area contributed by atoms with Gasteiger partial charge >= 0.3 is 0 Å². The smallest absolute Gasteiger partial charge is 0.228 e. The molecule has 8 heteroatoms. The Morgan fingerprint density at radius 3 is 2.61 bits per heavy atom. The van der Waals surface area contributed by atoms with Gasteiger partial charge in [0.25, 0.3) is 0 Å². The molecule has 1 aromatic rings. The number of hydrogen-bond donors (Lipinski definition) is 1. The molecule has 1 fully saturated rings. The number of rotatable bonds is 2. The van der Waals surface area contributed by atoms with Crippen LogP contribution in [0.1, 0.15) is 6.42 Å². The van der Waals surface area contributed by atoms with E-state index >= 15 is 0 Å². The zero-order valence-electron chi connectivity index (χ0n) is 9.14. The van der Waals surface area contributed by atoms with Crippen LogP contribution in [0.4, 0.5) is 10.1 Å². The molecule has 1 atom stereocenters. The van der Waals surface area contributed by atoms with Crippen LogP contribution < -0.4 is 10.0 Å². The van der Waals surface area contributed by atoms with Crippen molar-refractivity contribution in [2.75, 3.05) is 11.4 Å². The number of nitrogens with zero attached hydrogens (tertiary/aromatic N) is 1. The summed E-state index contributed by atoms with van der Waals surface area (Å²) in [7, 11) is -3.76. The van der Waals surface area contributed by atoms with Gasteiger partial charge in [0, 0.05) is 18.7 Å². The molecule has 0 aromatic heterocycles. The number of carbonyl (C=O) groups excluding carboxylic acids is 1. The lowest BCUT2D eigenvalue weighted by Gasteiger charge is -2.16. The minimum Gasteiger partial charge on any atom is -0.311 e. The lowest BCUT2D eigenvalue weighted by Crippen LogP contribution is -2.32. The SMILES string of the molecule is NS(=O)(=O)C1CC(=O)N(c2ccc(Br)c(F)c2)C1. The van der Waals surface area contributed by atoms with Gasteiger partial charge in [-0.05, 0) is 34.1 Å². The van der Waals surface area contributed by atoms with Crippen LogP contribution in [-0.2, 0) is 14.8 Å². The number of nitrogens with two attached hydrogens (primary N) is 1. The summed E-state index contributed by atoms with van der Waals surface area (Å²) in [5, 5.41) is 4.08. The standard InChI is InChI=1S/C10H10BrFN2O3S/c11-8-2-1-6(3-9(8)12)14-5-7(4-10(14)15)18(13,16)17/h1-3,7H,4-5H2,(H2,13,16,17). The second kappa shape index (κ2) is 4.60. The molecule has 1 aliphatic heterocycles.